The lowest BCUT2D eigenvalue weighted by atomic mass is 10.2. The molecule has 0 radical (unpaired) electrons. The molecule has 4 nitrogen and oxygen atoms in total. The molecule has 0 aliphatic heterocycles. The fraction of sp³-hybridized carbons (Fsp3) is 0.0667. The number of halogens is 1. The van der Waals surface area contributed by atoms with Crippen LogP contribution in [0.3, 0.4) is 0 Å². The van der Waals surface area contributed by atoms with Gasteiger partial charge in [0.1, 0.15) is 0 Å². The number of carboxylic acid groups (broad SMARTS) is 1. The number of carboxylic acids is 1. The number of amides is 1. The average Bonchev–Trinajstić information content (AvgIpc) is 2.48. The summed E-state index contributed by atoms with van der Waals surface area (Å²) in [5, 5.41) is 12.3. The minimum Gasteiger partial charge on any atom is -0.478 e. The predicted molar refractivity (Wildman–Crippen MR) is 84.2 cm³/mol. The largest absolute Gasteiger partial charge is 0.478 e. The van der Waals surface area contributed by atoms with E-state index in [1.165, 1.54) is 17.8 Å². The van der Waals surface area contributed by atoms with Crippen molar-refractivity contribution >= 4 is 40.9 Å². The van der Waals surface area contributed by atoms with Gasteiger partial charge < -0.3 is 10.4 Å². The van der Waals surface area contributed by atoms with Crippen LogP contribution in [0.2, 0.25) is 5.02 Å². The van der Waals surface area contributed by atoms with Gasteiger partial charge in [-0.15, -0.1) is 11.8 Å². The van der Waals surface area contributed by atoms with Crippen molar-refractivity contribution in [2.24, 2.45) is 0 Å². The van der Waals surface area contributed by atoms with E-state index in [1.807, 2.05) is 0 Å². The number of nitrogens with one attached hydrogen (secondary N) is 1. The Morgan fingerprint density at radius 3 is 2.52 bits per heavy atom. The maximum absolute atomic E-state index is 11.8. The molecule has 0 spiro atoms. The van der Waals surface area contributed by atoms with Gasteiger partial charge in [-0.1, -0.05) is 17.7 Å². The van der Waals surface area contributed by atoms with Crippen molar-refractivity contribution in [3.05, 3.63) is 59.1 Å². The zero-order valence-corrected chi connectivity index (χ0v) is 12.4. The Balaban J connectivity index is 1.90. The third-order valence-corrected chi connectivity index (χ3v) is 3.82. The number of hydrogen-bond acceptors (Lipinski definition) is 3. The van der Waals surface area contributed by atoms with E-state index >= 15 is 0 Å². The lowest BCUT2D eigenvalue weighted by molar-refractivity contribution is -0.113. The first-order valence-electron chi connectivity index (χ1n) is 6.06. The first kappa shape index (κ1) is 15.4. The van der Waals surface area contributed by atoms with Crippen LogP contribution in [-0.4, -0.2) is 22.7 Å². The molecule has 0 heterocycles. The SMILES string of the molecule is O=C(CSc1cccc(C(=O)O)c1)Nc1ccc(Cl)cc1. The van der Waals surface area contributed by atoms with Crippen molar-refractivity contribution in [1.82, 2.24) is 0 Å². The van der Waals surface area contributed by atoms with Gasteiger partial charge in [-0.25, -0.2) is 4.79 Å². The van der Waals surface area contributed by atoms with Crippen LogP contribution in [0.15, 0.2) is 53.4 Å². The summed E-state index contributed by atoms with van der Waals surface area (Å²) in [7, 11) is 0. The van der Waals surface area contributed by atoms with Gasteiger partial charge in [0.05, 0.1) is 11.3 Å². The van der Waals surface area contributed by atoms with Crippen molar-refractivity contribution in [2.45, 2.75) is 4.90 Å². The quantitative estimate of drug-likeness (QED) is 0.823. The normalized spacial score (nSPS) is 10.1. The molecule has 2 N–H and O–H groups in total. The van der Waals surface area contributed by atoms with Gasteiger partial charge in [0.2, 0.25) is 5.91 Å². The number of anilines is 1. The highest BCUT2D eigenvalue weighted by atomic mass is 35.5. The van der Waals surface area contributed by atoms with E-state index in [4.69, 9.17) is 16.7 Å². The minimum absolute atomic E-state index is 0.164. The van der Waals surface area contributed by atoms with Gasteiger partial charge in [-0.05, 0) is 42.5 Å². The first-order chi connectivity index (χ1) is 10.0. The second kappa shape index (κ2) is 7.15. The Kier molecular flexibility index (Phi) is 5.25. The zero-order valence-electron chi connectivity index (χ0n) is 10.9. The van der Waals surface area contributed by atoms with Crippen LogP contribution in [0.5, 0.6) is 0 Å². The lowest BCUT2D eigenvalue weighted by Gasteiger charge is -2.05. The summed E-state index contributed by atoms with van der Waals surface area (Å²) >= 11 is 7.05. The summed E-state index contributed by atoms with van der Waals surface area (Å²) in [5.74, 6) is -0.947. The van der Waals surface area contributed by atoms with Crippen LogP contribution in [0.1, 0.15) is 10.4 Å². The lowest BCUT2D eigenvalue weighted by Crippen LogP contribution is -2.13. The molecule has 108 valence electrons. The summed E-state index contributed by atoms with van der Waals surface area (Å²) in [4.78, 5) is 23.4. The third kappa shape index (κ3) is 4.81. The Morgan fingerprint density at radius 2 is 1.86 bits per heavy atom. The minimum atomic E-state index is -0.983. The zero-order chi connectivity index (χ0) is 15.2. The van der Waals surface area contributed by atoms with Gasteiger partial charge in [0.15, 0.2) is 0 Å². The van der Waals surface area contributed by atoms with Crippen molar-refractivity contribution in [3.63, 3.8) is 0 Å². The molecule has 0 bridgehead atoms. The third-order valence-electron chi connectivity index (χ3n) is 2.58. The molecule has 0 saturated heterocycles. The van der Waals surface area contributed by atoms with Crippen LogP contribution < -0.4 is 5.32 Å². The fourth-order valence-electron chi connectivity index (χ4n) is 1.60. The molecule has 2 aromatic carbocycles. The number of benzene rings is 2. The smallest absolute Gasteiger partial charge is 0.335 e. The molecule has 0 saturated carbocycles. The number of thioether (sulfide) groups is 1. The Bertz CT molecular complexity index is 658. The molecule has 21 heavy (non-hydrogen) atoms. The van der Waals surface area contributed by atoms with E-state index in [2.05, 4.69) is 5.32 Å². The summed E-state index contributed by atoms with van der Waals surface area (Å²) in [5.41, 5.74) is 0.877. The number of aromatic carboxylic acids is 1. The molecule has 2 aromatic rings. The van der Waals surface area contributed by atoms with Gasteiger partial charge in [0, 0.05) is 15.6 Å². The van der Waals surface area contributed by atoms with Crippen molar-refractivity contribution in [2.75, 3.05) is 11.1 Å². The molecule has 0 aliphatic rings. The van der Waals surface area contributed by atoms with Gasteiger partial charge in [-0.3, -0.25) is 4.79 Å². The van der Waals surface area contributed by atoms with Crippen molar-refractivity contribution in [3.8, 4) is 0 Å². The topological polar surface area (TPSA) is 66.4 Å². The fourth-order valence-corrected chi connectivity index (χ4v) is 2.48. The number of hydrogen-bond donors (Lipinski definition) is 2. The molecule has 0 aromatic heterocycles. The highest BCUT2D eigenvalue weighted by Crippen LogP contribution is 2.20. The van der Waals surface area contributed by atoms with Gasteiger partial charge >= 0.3 is 5.97 Å². The molecule has 0 unspecified atom stereocenters. The molecule has 1 amide bonds. The molecular weight excluding hydrogens is 310 g/mol. The van der Waals surface area contributed by atoms with Crippen LogP contribution in [-0.2, 0) is 4.79 Å². The van der Waals surface area contributed by atoms with Crippen LogP contribution in [0, 0.1) is 0 Å². The summed E-state index contributed by atoms with van der Waals surface area (Å²) < 4.78 is 0. The summed E-state index contributed by atoms with van der Waals surface area (Å²) in [6, 6.07) is 13.3. The number of rotatable bonds is 5. The van der Waals surface area contributed by atoms with E-state index in [0.717, 1.165) is 4.90 Å². The Labute approximate surface area is 131 Å². The van der Waals surface area contributed by atoms with Gasteiger partial charge in [0.25, 0.3) is 0 Å². The maximum Gasteiger partial charge on any atom is 0.335 e. The van der Waals surface area contributed by atoms with E-state index < -0.39 is 5.97 Å². The molecule has 0 atom stereocenters. The first-order valence-corrected chi connectivity index (χ1v) is 7.42. The van der Waals surface area contributed by atoms with Crippen LogP contribution in [0.4, 0.5) is 5.69 Å². The van der Waals surface area contributed by atoms with E-state index in [0.29, 0.717) is 10.7 Å². The molecule has 0 fully saturated rings. The summed E-state index contributed by atoms with van der Waals surface area (Å²) in [6.07, 6.45) is 0. The monoisotopic (exact) mass is 321 g/mol. The van der Waals surface area contributed by atoms with Crippen molar-refractivity contribution < 1.29 is 14.7 Å². The number of carbonyl (C=O) groups excluding carboxylic acids is 1. The maximum atomic E-state index is 11.8. The average molecular weight is 322 g/mol. The highest BCUT2D eigenvalue weighted by molar-refractivity contribution is 8.00. The Hall–Kier alpha value is -1.98. The van der Waals surface area contributed by atoms with Crippen LogP contribution >= 0.6 is 23.4 Å². The number of carbonyl (C=O) groups is 2. The predicted octanol–water partition coefficient (Wildman–Crippen LogP) is 3.77. The Morgan fingerprint density at radius 1 is 1.14 bits per heavy atom. The van der Waals surface area contributed by atoms with Gasteiger partial charge in [-0.2, -0.15) is 0 Å². The summed E-state index contributed by atoms with van der Waals surface area (Å²) in [6.45, 7) is 0. The molecule has 2 rings (SSSR count). The van der Waals surface area contributed by atoms with E-state index in [9.17, 15) is 9.59 Å². The van der Waals surface area contributed by atoms with Crippen LogP contribution in [0.25, 0.3) is 0 Å². The molecule has 0 aliphatic carbocycles. The van der Waals surface area contributed by atoms with E-state index in [1.54, 1.807) is 42.5 Å². The molecule has 6 heteroatoms. The van der Waals surface area contributed by atoms with E-state index in [-0.39, 0.29) is 17.2 Å². The standard InChI is InChI=1S/C15H12ClNO3S/c16-11-4-6-12(7-5-11)17-14(18)9-21-13-3-1-2-10(8-13)15(19)20/h1-8H,9H2,(H,17,18)(H,19,20). The second-order valence-electron chi connectivity index (χ2n) is 4.18. The van der Waals surface area contributed by atoms with Crippen molar-refractivity contribution in [1.29, 1.82) is 0 Å². The highest BCUT2D eigenvalue weighted by Gasteiger charge is 2.06. The molecular formula is C15H12ClNO3S. The second-order valence-corrected chi connectivity index (χ2v) is 5.66.